The molecule has 2 nitrogen and oxygen atoms in total. The van der Waals surface area contributed by atoms with Crippen molar-refractivity contribution in [2.24, 2.45) is 5.41 Å². The lowest BCUT2D eigenvalue weighted by Crippen LogP contribution is -2.63. The van der Waals surface area contributed by atoms with Gasteiger partial charge >= 0.3 is 0 Å². The maximum atomic E-state index is 11.7. The van der Waals surface area contributed by atoms with Crippen molar-refractivity contribution in [1.82, 2.24) is 0 Å². The molecule has 1 aliphatic carbocycles. The smallest absolute Gasteiger partial charge is 0.182 e. The van der Waals surface area contributed by atoms with Crippen LogP contribution in [-0.4, -0.2) is 23.3 Å². The van der Waals surface area contributed by atoms with E-state index in [1.165, 1.54) is 0 Å². The standard InChI is InChI=1S/C14H14Cl2O2/c15-14(16)12(17)8-13(14)6-7-18-9-11(13)10-4-2-1-3-5-10/h1-5,11H,6-9H2/t11-,13?/m0/s1. The fourth-order valence-corrected chi connectivity index (χ4v) is 3.88. The van der Waals surface area contributed by atoms with E-state index in [9.17, 15) is 4.79 Å². The van der Waals surface area contributed by atoms with Crippen molar-refractivity contribution < 1.29 is 9.53 Å². The number of ketones is 1. The van der Waals surface area contributed by atoms with Gasteiger partial charge in [-0.2, -0.15) is 0 Å². The second-order valence-electron chi connectivity index (χ2n) is 5.12. The zero-order chi connectivity index (χ0) is 12.8. The molecule has 0 bridgehead atoms. The Balaban J connectivity index is 2.00. The number of halogens is 2. The molecule has 1 aliphatic heterocycles. The van der Waals surface area contributed by atoms with E-state index >= 15 is 0 Å². The monoisotopic (exact) mass is 284 g/mol. The van der Waals surface area contributed by atoms with Crippen LogP contribution in [0.1, 0.15) is 24.3 Å². The highest BCUT2D eigenvalue weighted by Gasteiger charge is 2.68. The van der Waals surface area contributed by atoms with Crippen molar-refractivity contribution in [3.8, 4) is 0 Å². The van der Waals surface area contributed by atoms with E-state index in [-0.39, 0.29) is 17.1 Å². The molecule has 1 unspecified atom stereocenters. The number of hydrogen-bond acceptors (Lipinski definition) is 2. The summed E-state index contributed by atoms with van der Waals surface area (Å²) in [6.45, 7) is 1.20. The minimum atomic E-state index is -1.25. The number of rotatable bonds is 1. The average molecular weight is 285 g/mol. The number of alkyl halides is 2. The van der Waals surface area contributed by atoms with Crippen LogP contribution in [0.4, 0.5) is 0 Å². The summed E-state index contributed by atoms with van der Waals surface area (Å²) in [4.78, 5) is 11.7. The molecule has 0 aromatic heterocycles. The minimum Gasteiger partial charge on any atom is -0.381 e. The molecule has 1 aromatic carbocycles. The third-order valence-corrected chi connectivity index (χ3v) is 5.47. The van der Waals surface area contributed by atoms with Gasteiger partial charge < -0.3 is 4.74 Å². The molecule has 2 aliphatic rings. The summed E-state index contributed by atoms with van der Waals surface area (Å²) in [5.41, 5.74) is 0.794. The molecule has 1 saturated carbocycles. The molecule has 0 amide bonds. The molecule has 2 atom stereocenters. The SMILES string of the molecule is O=C1CC2(CCOC[C@H]2c2ccccc2)C1(Cl)Cl. The highest BCUT2D eigenvalue weighted by molar-refractivity contribution is 6.61. The van der Waals surface area contributed by atoms with Crippen LogP contribution in [0.5, 0.6) is 0 Å². The van der Waals surface area contributed by atoms with Gasteiger partial charge in [-0.3, -0.25) is 4.79 Å². The molecule has 1 spiro atoms. The largest absolute Gasteiger partial charge is 0.381 e. The van der Waals surface area contributed by atoms with Gasteiger partial charge in [0.1, 0.15) is 0 Å². The zero-order valence-electron chi connectivity index (χ0n) is 9.86. The van der Waals surface area contributed by atoms with Gasteiger partial charge in [0, 0.05) is 24.4 Å². The maximum absolute atomic E-state index is 11.7. The summed E-state index contributed by atoms with van der Waals surface area (Å²) in [5.74, 6) is 0.0359. The average Bonchev–Trinajstić information content (AvgIpc) is 2.40. The Bertz CT molecular complexity index is 472. The Labute approximate surface area is 116 Å². The predicted molar refractivity (Wildman–Crippen MR) is 71.1 cm³/mol. The van der Waals surface area contributed by atoms with E-state index in [2.05, 4.69) is 0 Å². The summed E-state index contributed by atoms with van der Waals surface area (Å²) in [6.07, 6.45) is 1.20. The third kappa shape index (κ3) is 1.56. The Hall–Kier alpha value is -0.570. The topological polar surface area (TPSA) is 26.3 Å². The predicted octanol–water partition coefficient (Wildman–Crippen LogP) is 3.32. The normalized spacial score (nSPS) is 34.3. The summed E-state index contributed by atoms with van der Waals surface area (Å²) in [6, 6.07) is 10.0. The van der Waals surface area contributed by atoms with E-state index in [0.29, 0.717) is 19.6 Å². The molecular formula is C14H14Cl2O2. The zero-order valence-corrected chi connectivity index (χ0v) is 11.4. The lowest BCUT2D eigenvalue weighted by Gasteiger charge is -2.56. The van der Waals surface area contributed by atoms with E-state index in [0.717, 1.165) is 12.0 Å². The van der Waals surface area contributed by atoms with Crippen molar-refractivity contribution in [3.05, 3.63) is 35.9 Å². The molecule has 96 valence electrons. The van der Waals surface area contributed by atoms with Crippen molar-refractivity contribution in [3.63, 3.8) is 0 Å². The van der Waals surface area contributed by atoms with Crippen LogP contribution in [0, 0.1) is 5.41 Å². The van der Waals surface area contributed by atoms with Crippen LogP contribution in [0.15, 0.2) is 30.3 Å². The minimum absolute atomic E-state index is 0.0614. The number of hydrogen-bond donors (Lipinski definition) is 0. The van der Waals surface area contributed by atoms with E-state index in [4.69, 9.17) is 27.9 Å². The van der Waals surface area contributed by atoms with Gasteiger partial charge in [-0.05, 0) is 12.0 Å². The second kappa shape index (κ2) is 4.22. The van der Waals surface area contributed by atoms with E-state index < -0.39 is 4.33 Å². The number of Topliss-reactive ketones (excluding diaryl/α,β-unsaturated/α-hetero) is 1. The number of ether oxygens (including phenoxy) is 1. The molecule has 4 heteroatoms. The van der Waals surface area contributed by atoms with Crippen LogP contribution < -0.4 is 0 Å². The first-order valence-electron chi connectivity index (χ1n) is 6.12. The Kier molecular flexibility index (Phi) is 2.92. The lowest BCUT2D eigenvalue weighted by molar-refractivity contribution is -0.143. The Morgan fingerprint density at radius 1 is 1.22 bits per heavy atom. The maximum Gasteiger partial charge on any atom is 0.182 e. The Morgan fingerprint density at radius 2 is 1.94 bits per heavy atom. The van der Waals surface area contributed by atoms with Gasteiger partial charge in [0.15, 0.2) is 10.1 Å². The van der Waals surface area contributed by atoms with Gasteiger partial charge in [-0.1, -0.05) is 53.5 Å². The molecule has 1 heterocycles. The van der Waals surface area contributed by atoms with Gasteiger partial charge in [0.25, 0.3) is 0 Å². The van der Waals surface area contributed by atoms with Crippen molar-refractivity contribution in [2.45, 2.75) is 23.1 Å². The molecule has 0 radical (unpaired) electrons. The Morgan fingerprint density at radius 3 is 2.56 bits per heavy atom. The first-order chi connectivity index (χ1) is 8.58. The van der Waals surface area contributed by atoms with Crippen LogP contribution in [0.3, 0.4) is 0 Å². The molecule has 18 heavy (non-hydrogen) atoms. The highest BCUT2D eigenvalue weighted by Crippen LogP contribution is 2.64. The number of benzene rings is 1. The van der Waals surface area contributed by atoms with Crippen LogP contribution >= 0.6 is 23.2 Å². The van der Waals surface area contributed by atoms with Crippen molar-refractivity contribution in [1.29, 1.82) is 0 Å². The molecule has 2 fully saturated rings. The quantitative estimate of drug-likeness (QED) is 0.740. The van der Waals surface area contributed by atoms with Gasteiger partial charge in [0.2, 0.25) is 0 Å². The van der Waals surface area contributed by atoms with E-state index in [1.54, 1.807) is 0 Å². The summed E-state index contributed by atoms with van der Waals surface area (Å²) < 4.78 is 4.31. The fourth-order valence-electron chi connectivity index (χ4n) is 3.16. The molecule has 3 rings (SSSR count). The third-order valence-electron chi connectivity index (χ3n) is 4.30. The van der Waals surface area contributed by atoms with Gasteiger partial charge in [-0.15, -0.1) is 0 Å². The van der Waals surface area contributed by atoms with Crippen LogP contribution in [0.2, 0.25) is 0 Å². The molecule has 1 saturated heterocycles. The summed E-state index contributed by atoms with van der Waals surface area (Å²) >= 11 is 12.6. The van der Waals surface area contributed by atoms with Gasteiger partial charge in [-0.25, -0.2) is 0 Å². The lowest BCUT2D eigenvalue weighted by atomic mass is 9.55. The molecule has 1 aromatic rings. The summed E-state index contributed by atoms with van der Waals surface area (Å²) in [5, 5.41) is 0. The van der Waals surface area contributed by atoms with Crippen LogP contribution in [0.25, 0.3) is 0 Å². The van der Waals surface area contributed by atoms with Crippen LogP contribution in [-0.2, 0) is 9.53 Å². The molecule has 0 N–H and O–H groups in total. The summed E-state index contributed by atoms with van der Waals surface area (Å²) in [7, 11) is 0. The van der Waals surface area contributed by atoms with E-state index in [1.807, 2.05) is 30.3 Å². The first-order valence-corrected chi connectivity index (χ1v) is 6.87. The highest BCUT2D eigenvalue weighted by atomic mass is 35.5. The molecular weight excluding hydrogens is 271 g/mol. The second-order valence-corrected chi connectivity index (χ2v) is 6.45. The number of carbonyl (C=O) groups excluding carboxylic acids is 1. The first kappa shape index (κ1) is 12.5. The van der Waals surface area contributed by atoms with Gasteiger partial charge in [0.05, 0.1) is 6.61 Å². The van der Waals surface area contributed by atoms with Crippen molar-refractivity contribution in [2.75, 3.05) is 13.2 Å². The number of carbonyl (C=O) groups is 1. The fraction of sp³-hybridized carbons (Fsp3) is 0.500. The van der Waals surface area contributed by atoms with Crippen molar-refractivity contribution >= 4 is 29.0 Å².